The van der Waals surface area contributed by atoms with E-state index in [4.69, 9.17) is 9.98 Å². The molecule has 1 atom stereocenters. The molecular formula is C47H33N3. The molecule has 8 aromatic rings. The number of nitrogens with zero attached hydrogens (tertiary/aromatic N) is 2. The molecule has 1 aliphatic heterocycles. The van der Waals surface area contributed by atoms with Gasteiger partial charge in [0.1, 0.15) is 5.84 Å². The van der Waals surface area contributed by atoms with E-state index in [-0.39, 0.29) is 6.04 Å². The second kappa shape index (κ2) is 12.8. The number of pyridine rings is 1. The molecule has 1 unspecified atom stereocenters. The molecule has 3 heteroatoms. The Balaban J connectivity index is 1.31. The highest BCUT2D eigenvalue weighted by Crippen LogP contribution is 2.41. The maximum absolute atomic E-state index is 5.33. The first-order chi connectivity index (χ1) is 24.8. The maximum atomic E-state index is 5.33. The van der Waals surface area contributed by atoms with E-state index < -0.39 is 0 Å². The third kappa shape index (κ3) is 5.55. The quantitative estimate of drug-likeness (QED) is 0.184. The van der Waals surface area contributed by atoms with Crippen molar-refractivity contribution in [3.63, 3.8) is 0 Å². The van der Waals surface area contributed by atoms with Crippen molar-refractivity contribution < 1.29 is 0 Å². The molecule has 9 rings (SSSR count). The van der Waals surface area contributed by atoms with Gasteiger partial charge in [0.15, 0.2) is 0 Å². The molecule has 3 nitrogen and oxygen atoms in total. The van der Waals surface area contributed by atoms with Gasteiger partial charge >= 0.3 is 0 Å². The third-order valence-corrected chi connectivity index (χ3v) is 9.52. The van der Waals surface area contributed by atoms with E-state index in [9.17, 15) is 0 Å². The standard InChI is InChI=1S/C47H33N3/c1-3-15-32(16-4-1)44-31-45(33-17-5-2-6-18-33)50-47(49-44)38-29-36(39-21-11-12-24-42(39)43-25-13-14-26-48-43)28-37(30-38)46-40-22-9-7-19-34(40)27-35-20-8-10-23-41(35)46/h1-31,44H,(H,49,50). The topological polar surface area (TPSA) is 37.3 Å². The predicted molar refractivity (Wildman–Crippen MR) is 209 cm³/mol. The molecule has 0 aliphatic carbocycles. The highest BCUT2D eigenvalue weighted by molar-refractivity contribution is 6.14. The fourth-order valence-corrected chi connectivity index (χ4v) is 7.16. The second-order valence-corrected chi connectivity index (χ2v) is 12.7. The molecule has 2 heterocycles. The zero-order valence-corrected chi connectivity index (χ0v) is 27.4. The number of hydrogen-bond acceptors (Lipinski definition) is 3. The number of nitrogens with one attached hydrogen (secondary N) is 1. The number of aromatic nitrogens is 1. The van der Waals surface area contributed by atoms with Crippen LogP contribution in [0.3, 0.4) is 0 Å². The largest absolute Gasteiger partial charge is 0.359 e. The van der Waals surface area contributed by atoms with Crippen molar-refractivity contribution in [2.24, 2.45) is 4.99 Å². The Morgan fingerprint density at radius 2 is 1.06 bits per heavy atom. The van der Waals surface area contributed by atoms with Crippen LogP contribution in [-0.4, -0.2) is 10.8 Å². The van der Waals surface area contributed by atoms with Gasteiger partial charge in [0.2, 0.25) is 0 Å². The molecule has 0 saturated heterocycles. The molecule has 1 aliphatic rings. The van der Waals surface area contributed by atoms with Crippen LogP contribution >= 0.6 is 0 Å². The van der Waals surface area contributed by atoms with Gasteiger partial charge in [-0.05, 0) is 97.4 Å². The van der Waals surface area contributed by atoms with Crippen LogP contribution in [0.1, 0.15) is 22.7 Å². The first-order valence-electron chi connectivity index (χ1n) is 17.0. The fraction of sp³-hybridized carbons (Fsp3) is 0.0213. The van der Waals surface area contributed by atoms with Gasteiger partial charge in [-0.3, -0.25) is 4.98 Å². The van der Waals surface area contributed by atoms with E-state index in [0.29, 0.717) is 0 Å². The molecule has 1 aromatic heterocycles. The van der Waals surface area contributed by atoms with Gasteiger partial charge in [-0.25, -0.2) is 4.99 Å². The zero-order valence-electron chi connectivity index (χ0n) is 27.4. The number of benzene rings is 7. The van der Waals surface area contributed by atoms with E-state index in [1.165, 1.54) is 32.7 Å². The molecule has 0 spiro atoms. The van der Waals surface area contributed by atoms with Crippen LogP contribution in [0, 0.1) is 0 Å². The predicted octanol–water partition coefficient (Wildman–Crippen LogP) is 11.5. The Kier molecular flexibility index (Phi) is 7.56. The van der Waals surface area contributed by atoms with Gasteiger partial charge in [-0.2, -0.15) is 0 Å². The van der Waals surface area contributed by atoms with Crippen LogP contribution in [0.15, 0.2) is 193 Å². The molecule has 0 radical (unpaired) electrons. The summed E-state index contributed by atoms with van der Waals surface area (Å²) in [6, 6.07) is 62.3. The summed E-state index contributed by atoms with van der Waals surface area (Å²) in [5, 5.41) is 8.70. The van der Waals surface area contributed by atoms with E-state index >= 15 is 0 Å². The number of rotatable bonds is 6. The lowest BCUT2D eigenvalue weighted by Gasteiger charge is -2.25. The summed E-state index contributed by atoms with van der Waals surface area (Å²) < 4.78 is 0. The number of fused-ring (bicyclic) bond motifs is 2. The molecule has 0 saturated carbocycles. The maximum Gasteiger partial charge on any atom is 0.134 e. The van der Waals surface area contributed by atoms with Gasteiger partial charge < -0.3 is 5.32 Å². The van der Waals surface area contributed by atoms with Crippen LogP contribution in [0.5, 0.6) is 0 Å². The summed E-state index contributed by atoms with van der Waals surface area (Å²) in [5.74, 6) is 0.836. The Bertz CT molecular complexity index is 2500. The molecule has 1 N–H and O–H groups in total. The van der Waals surface area contributed by atoms with Crippen LogP contribution < -0.4 is 5.32 Å². The van der Waals surface area contributed by atoms with E-state index in [2.05, 4.69) is 169 Å². The van der Waals surface area contributed by atoms with Gasteiger partial charge in [0, 0.05) is 17.3 Å². The zero-order chi connectivity index (χ0) is 33.3. The molecule has 0 amide bonds. The van der Waals surface area contributed by atoms with Crippen molar-refractivity contribution in [2.45, 2.75) is 6.04 Å². The van der Waals surface area contributed by atoms with E-state index in [1.807, 2.05) is 24.4 Å². The summed E-state index contributed by atoms with van der Waals surface area (Å²) in [6.07, 6.45) is 4.09. The minimum atomic E-state index is -0.0507. The minimum absolute atomic E-state index is 0.0507. The summed E-state index contributed by atoms with van der Waals surface area (Å²) in [4.78, 5) is 10.1. The first-order valence-corrected chi connectivity index (χ1v) is 17.0. The van der Waals surface area contributed by atoms with Gasteiger partial charge in [-0.1, -0.05) is 140 Å². The Hall–Kier alpha value is -6.58. The fourth-order valence-electron chi connectivity index (χ4n) is 7.16. The van der Waals surface area contributed by atoms with Crippen LogP contribution in [-0.2, 0) is 0 Å². The summed E-state index contributed by atoms with van der Waals surface area (Å²) in [6.45, 7) is 0. The molecule has 7 aromatic carbocycles. The molecule has 0 fully saturated rings. The highest BCUT2D eigenvalue weighted by Gasteiger charge is 2.22. The lowest BCUT2D eigenvalue weighted by Crippen LogP contribution is -2.31. The monoisotopic (exact) mass is 639 g/mol. The summed E-state index contributed by atoms with van der Waals surface area (Å²) in [5.41, 5.74) is 10.8. The summed E-state index contributed by atoms with van der Waals surface area (Å²) in [7, 11) is 0. The molecular weight excluding hydrogens is 607 g/mol. The Morgan fingerprint density at radius 3 is 1.78 bits per heavy atom. The van der Waals surface area contributed by atoms with Crippen molar-refractivity contribution in [3.05, 3.63) is 205 Å². The van der Waals surface area contributed by atoms with Crippen molar-refractivity contribution in [3.8, 4) is 33.5 Å². The van der Waals surface area contributed by atoms with E-state index in [1.54, 1.807) is 0 Å². The van der Waals surface area contributed by atoms with Crippen molar-refractivity contribution in [1.82, 2.24) is 10.3 Å². The second-order valence-electron chi connectivity index (χ2n) is 12.7. The van der Waals surface area contributed by atoms with E-state index in [0.717, 1.165) is 50.6 Å². The number of hydrogen-bond donors (Lipinski definition) is 1. The highest BCUT2D eigenvalue weighted by atomic mass is 15.0. The van der Waals surface area contributed by atoms with Gasteiger partial charge in [-0.15, -0.1) is 0 Å². The SMILES string of the molecule is C1=C(c2ccccc2)N=C(c2cc(-c3ccccc3-c3ccccn3)cc(-c3c4ccccc4cc4ccccc34)c2)NC1c1ccccc1. The van der Waals surface area contributed by atoms with Crippen LogP contribution in [0.2, 0.25) is 0 Å². The molecule has 50 heavy (non-hydrogen) atoms. The van der Waals surface area contributed by atoms with Crippen LogP contribution in [0.4, 0.5) is 0 Å². The molecule has 0 bridgehead atoms. The third-order valence-electron chi connectivity index (χ3n) is 9.52. The van der Waals surface area contributed by atoms with Crippen molar-refractivity contribution >= 4 is 33.1 Å². The number of aliphatic imine (C=N–C) groups is 1. The smallest absolute Gasteiger partial charge is 0.134 e. The normalized spacial score (nSPS) is 14.2. The van der Waals surface area contributed by atoms with Crippen molar-refractivity contribution in [2.75, 3.05) is 0 Å². The van der Waals surface area contributed by atoms with Gasteiger partial charge in [0.25, 0.3) is 0 Å². The molecule has 236 valence electrons. The first kappa shape index (κ1) is 29.6. The van der Waals surface area contributed by atoms with Crippen LogP contribution in [0.25, 0.3) is 60.8 Å². The minimum Gasteiger partial charge on any atom is -0.359 e. The Morgan fingerprint density at radius 1 is 0.460 bits per heavy atom. The van der Waals surface area contributed by atoms with Gasteiger partial charge in [0.05, 0.1) is 17.4 Å². The average molecular weight is 640 g/mol. The lowest BCUT2D eigenvalue weighted by atomic mass is 9.88. The number of amidine groups is 1. The Labute approximate surface area is 292 Å². The average Bonchev–Trinajstić information content (AvgIpc) is 3.20. The lowest BCUT2D eigenvalue weighted by molar-refractivity contribution is 0.781. The van der Waals surface area contributed by atoms with Crippen molar-refractivity contribution in [1.29, 1.82) is 0 Å². The summed E-state index contributed by atoms with van der Waals surface area (Å²) >= 11 is 0.